The minimum atomic E-state index is -0.625. The first-order valence-corrected chi connectivity index (χ1v) is 2.15. The standard InChI is InChI=1S/C4H8NO2/c1-3-4(2)5(6)7/h4H,2-3H2,1H3. The van der Waals surface area contributed by atoms with Gasteiger partial charge in [-0.05, 0) is 0 Å². The van der Waals surface area contributed by atoms with E-state index in [1.807, 2.05) is 0 Å². The highest BCUT2D eigenvalue weighted by molar-refractivity contribution is 4.52. The summed E-state index contributed by atoms with van der Waals surface area (Å²) in [5, 5.41) is 9.67. The number of nitrogens with zero attached hydrogens (tertiary/aromatic N) is 1. The number of nitro groups is 1. The third-order valence-electron chi connectivity index (χ3n) is 0.769. The monoisotopic (exact) mass is 102 g/mol. The average molecular weight is 102 g/mol. The van der Waals surface area contributed by atoms with Crippen LogP contribution in [0.1, 0.15) is 13.3 Å². The Morgan fingerprint density at radius 3 is 2.43 bits per heavy atom. The molecule has 0 amide bonds. The molecule has 3 heteroatoms. The zero-order valence-electron chi connectivity index (χ0n) is 4.26. The summed E-state index contributed by atoms with van der Waals surface area (Å²) in [6, 6.07) is -0.625. The predicted molar refractivity (Wildman–Crippen MR) is 26.4 cm³/mol. The molecule has 0 aliphatic carbocycles. The van der Waals surface area contributed by atoms with Crippen molar-refractivity contribution in [1.82, 2.24) is 0 Å². The van der Waals surface area contributed by atoms with Crippen LogP contribution in [0.3, 0.4) is 0 Å². The van der Waals surface area contributed by atoms with Gasteiger partial charge in [0.1, 0.15) is 0 Å². The van der Waals surface area contributed by atoms with E-state index >= 15 is 0 Å². The molecule has 0 fully saturated rings. The van der Waals surface area contributed by atoms with Gasteiger partial charge in [-0.15, -0.1) is 0 Å². The van der Waals surface area contributed by atoms with E-state index in [4.69, 9.17) is 0 Å². The molecule has 0 heterocycles. The molecule has 0 saturated heterocycles. The highest BCUT2D eigenvalue weighted by Gasteiger charge is 2.06. The van der Waals surface area contributed by atoms with Crippen molar-refractivity contribution in [1.29, 1.82) is 0 Å². The smallest absolute Gasteiger partial charge is 0.213 e. The highest BCUT2D eigenvalue weighted by atomic mass is 16.6. The topological polar surface area (TPSA) is 43.1 Å². The fourth-order valence-corrected chi connectivity index (χ4v) is 0.149. The van der Waals surface area contributed by atoms with Crippen molar-refractivity contribution >= 4 is 0 Å². The summed E-state index contributed by atoms with van der Waals surface area (Å²) in [6.07, 6.45) is 0.507. The van der Waals surface area contributed by atoms with Crippen molar-refractivity contribution < 1.29 is 4.92 Å². The van der Waals surface area contributed by atoms with Crippen LogP contribution in [-0.2, 0) is 0 Å². The molecule has 0 saturated carbocycles. The van der Waals surface area contributed by atoms with Crippen LogP contribution >= 0.6 is 0 Å². The maximum absolute atomic E-state index is 9.67. The SMILES string of the molecule is [CH2]C(CC)[N+](=O)[O-]. The quantitative estimate of drug-likeness (QED) is 0.383. The van der Waals surface area contributed by atoms with Gasteiger partial charge in [0.2, 0.25) is 6.04 Å². The van der Waals surface area contributed by atoms with Gasteiger partial charge in [-0.2, -0.15) is 0 Å². The van der Waals surface area contributed by atoms with Gasteiger partial charge in [0.15, 0.2) is 0 Å². The summed E-state index contributed by atoms with van der Waals surface area (Å²) in [5.74, 6) is 0. The Labute approximate surface area is 42.5 Å². The van der Waals surface area contributed by atoms with Gasteiger partial charge < -0.3 is 0 Å². The van der Waals surface area contributed by atoms with E-state index in [0.29, 0.717) is 6.42 Å². The Morgan fingerprint density at radius 2 is 2.43 bits per heavy atom. The van der Waals surface area contributed by atoms with Crippen molar-refractivity contribution in [2.24, 2.45) is 0 Å². The average Bonchev–Trinajstić information content (AvgIpc) is 1.65. The van der Waals surface area contributed by atoms with Gasteiger partial charge in [-0.3, -0.25) is 10.1 Å². The molecule has 0 aliphatic rings. The third-order valence-corrected chi connectivity index (χ3v) is 0.769. The Balaban J connectivity index is 3.34. The largest absolute Gasteiger partial charge is 0.264 e. The molecule has 0 bridgehead atoms. The van der Waals surface area contributed by atoms with Crippen LogP contribution in [0.15, 0.2) is 0 Å². The van der Waals surface area contributed by atoms with Crippen LogP contribution in [0.4, 0.5) is 0 Å². The van der Waals surface area contributed by atoms with Crippen molar-refractivity contribution in [2.75, 3.05) is 0 Å². The van der Waals surface area contributed by atoms with E-state index in [-0.39, 0.29) is 4.92 Å². The Kier molecular flexibility index (Phi) is 2.33. The Hall–Kier alpha value is -0.600. The number of hydrogen-bond acceptors (Lipinski definition) is 2. The molecule has 3 nitrogen and oxygen atoms in total. The lowest BCUT2D eigenvalue weighted by atomic mass is 10.3. The summed E-state index contributed by atoms with van der Waals surface area (Å²) in [6.45, 7) is 4.99. The van der Waals surface area contributed by atoms with Crippen molar-refractivity contribution in [3.63, 3.8) is 0 Å². The summed E-state index contributed by atoms with van der Waals surface area (Å²) in [7, 11) is 0. The molecule has 1 atom stereocenters. The van der Waals surface area contributed by atoms with E-state index in [1.165, 1.54) is 0 Å². The second kappa shape index (κ2) is 2.55. The van der Waals surface area contributed by atoms with Crippen molar-refractivity contribution in [2.45, 2.75) is 19.4 Å². The Bertz CT molecular complexity index is 72.1. The molecule has 1 unspecified atom stereocenters. The van der Waals surface area contributed by atoms with Gasteiger partial charge in [0.05, 0.1) is 0 Å². The van der Waals surface area contributed by atoms with Crippen LogP contribution in [0.5, 0.6) is 0 Å². The Morgan fingerprint density at radius 1 is 2.00 bits per heavy atom. The van der Waals surface area contributed by atoms with Crippen LogP contribution in [0.2, 0.25) is 0 Å². The lowest BCUT2D eigenvalue weighted by Crippen LogP contribution is -2.12. The zero-order valence-corrected chi connectivity index (χ0v) is 4.26. The lowest BCUT2D eigenvalue weighted by Gasteiger charge is -1.94. The molecule has 0 aromatic rings. The molecule has 0 N–H and O–H groups in total. The van der Waals surface area contributed by atoms with Crippen LogP contribution in [0, 0.1) is 17.0 Å². The third kappa shape index (κ3) is 2.14. The van der Waals surface area contributed by atoms with E-state index in [2.05, 4.69) is 6.92 Å². The molecule has 7 heavy (non-hydrogen) atoms. The second-order valence-electron chi connectivity index (χ2n) is 1.35. The van der Waals surface area contributed by atoms with E-state index in [0.717, 1.165) is 0 Å². The minimum absolute atomic E-state index is 0.389. The normalized spacial score (nSPS) is 13.4. The molecule has 0 aliphatic heterocycles. The van der Waals surface area contributed by atoms with Gasteiger partial charge in [0, 0.05) is 18.3 Å². The summed E-state index contributed by atoms with van der Waals surface area (Å²) >= 11 is 0. The van der Waals surface area contributed by atoms with Gasteiger partial charge in [-0.25, -0.2) is 0 Å². The first-order valence-electron chi connectivity index (χ1n) is 2.15. The summed E-state index contributed by atoms with van der Waals surface area (Å²) < 4.78 is 0. The van der Waals surface area contributed by atoms with Crippen LogP contribution in [0.25, 0.3) is 0 Å². The van der Waals surface area contributed by atoms with Crippen LogP contribution in [-0.4, -0.2) is 11.0 Å². The number of hydrogen-bond donors (Lipinski definition) is 0. The number of rotatable bonds is 2. The first kappa shape index (κ1) is 6.40. The fourth-order valence-electron chi connectivity index (χ4n) is 0.149. The second-order valence-corrected chi connectivity index (χ2v) is 1.35. The van der Waals surface area contributed by atoms with Gasteiger partial charge >= 0.3 is 0 Å². The first-order chi connectivity index (χ1) is 3.18. The molecule has 0 spiro atoms. The van der Waals surface area contributed by atoms with Crippen molar-refractivity contribution in [3.05, 3.63) is 17.0 Å². The van der Waals surface area contributed by atoms with E-state index in [1.54, 1.807) is 6.92 Å². The molecular formula is C4H8NO2. The molecule has 0 aromatic heterocycles. The fraction of sp³-hybridized carbons (Fsp3) is 0.750. The highest BCUT2D eigenvalue weighted by Crippen LogP contribution is 1.90. The lowest BCUT2D eigenvalue weighted by molar-refractivity contribution is -0.510. The maximum atomic E-state index is 9.67. The van der Waals surface area contributed by atoms with Gasteiger partial charge in [0.25, 0.3) is 0 Å². The maximum Gasteiger partial charge on any atom is 0.213 e. The molecule has 1 radical (unpaired) electrons. The molecular weight excluding hydrogens is 94.0 g/mol. The van der Waals surface area contributed by atoms with Crippen LogP contribution < -0.4 is 0 Å². The molecule has 0 aromatic carbocycles. The summed E-state index contributed by atoms with van der Waals surface area (Å²) in [4.78, 5) is 9.28. The molecule has 0 rings (SSSR count). The van der Waals surface area contributed by atoms with Gasteiger partial charge in [-0.1, -0.05) is 6.92 Å². The summed E-state index contributed by atoms with van der Waals surface area (Å²) in [5.41, 5.74) is 0. The molecule has 41 valence electrons. The van der Waals surface area contributed by atoms with E-state index < -0.39 is 6.04 Å². The van der Waals surface area contributed by atoms with Crippen molar-refractivity contribution in [3.8, 4) is 0 Å². The minimum Gasteiger partial charge on any atom is -0.264 e. The van der Waals surface area contributed by atoms with E-state index in [9.17, 15) is 10.1 Å². The predicted octanol–water partition coefficient (Wildman–Crippen LogP) is 0.876. The zero-order chi connectivity index (χ0) is 5.86.